The first-order valence-corrected chi connectivity index (χ1v) is 12.2. The molecular formula is C28H37ClFN3O. The number of halogens is 2. The van der Waals surface area contributed by atoms with Crippen molar-refractivity contribution >= 4 is 34.1 Å². The minimum atomic E-state index is -0.557. The summed E-state index contributed by atoms with van der Waals surface area (Å²) in [6, 6.07) is 10.9. The standard InChI is InChI=1S/C11H13N3.C9H8ClFO.C8H16/c1-8-12-10-7-5-4-6-9(10)11(13-8)14(2)3;1-5-3-4-7(11)8(6(2)12)9(5)10;1-7-3-5-8(2)6-4-7/h4-7H,1-3H3;3-4H,1-2H3;7-8H,3-6H2,1-2H3. The van der Waals surface area contributed by atoms with Gasteiger partial charge in [0.05, 0.1) is 16.1 Å². The van der Waals surface area contributed by atoms with Crippen LogP contribution >= 0.6 is 11.6 Å². The normalized spacial score (nSPS) is 17.2. The topological polar surface area (TPSA) is 46.1 Å². The summed E-state index contributed by atoms with van der Waals surface area (Å²) in [5.74, 6) is 2.93. The van der Waals surface area contributed by atoms with E-state index in [-0.39, 0.29) is 16.4 Å². The van der Waals surface area contributed by atoms with E-state index in [0.717, 1.165) is 34.4 Å². The van der Waals surface area contributed by atoms with E-state index in [9.17, 15) is 9.18 Å². The lowest BCUT2D eigenvalue weighted by molar-refractivity contribution is 0.101. The van der Waals surface area contributed by atoms with E-state index in [1.54, 1.807) is 13.0 Å². The number of carbonyl (C=O) groups is 1. The Morgan fingerprint density at radius 1 is 0.971 bits per heavy atom. The average molecular weight is 486 g/mol. The van der Waals surface area contributed by atoms with Crippen molar-refractivity contribution in [2.45, 2.75) is 60.3 Å². The molecule has 6 heteroatoms. The van der Waals surface area contributed by atoms with Gasteiger partial charge in [0.2, 0.25) is 0 Å². The largest absolute Gasteiger partial charge is 0.362 e. The van der Waals surface area contributed by atoms with Crippen LogP contribution in [0.25, 0.3) is 10.9 Å². The molecule has 0 radical (unpaired) electrons. The summed E-state index contributed by atoms with van der Waals surface area (Å²) in [6.07, 6.45) is 5.89. The van der Waals surface area contributed by atoms with E-state index in [4.69, 9.17) is 11.6 Å². The van der Waals surface area contributed by atoms with Crippen LogP contribution < -0.4 is 4.90 Å². The van der Waals surface area contributed by atoms with Gasteiger partial charge in [-0.05, 0) is 56.4 Å². The van der Waals surface area contributed by atoms with Gasteiger partial charge in [0, 0.05) is 19.5 Å². The molecule has 3 aromatic rings. The second-order valence-electron chi connectivity index (χ2n) is 9.48. The minimum absolute atomic E-state index is 0.0170. The molecule has 0 spiro atoms. The Morgan fingerprint density at radius 2 is 1.53 bits per heavy atom. The third kappa shape index (κ3) is 7.76. The van der Waals surface area contributed by atoms with E-state index in [0.29, 0.717) is 5.56 Å². The maximum atomic E-state index is 13.0. The van der Waals surface area contributed by atoms with Crippen LogP contribution in [0.2, 0.25) is 5.02 Å². The van der Waals surface area contributed by atoms with Crippen LogP contribution in [0.3, 0.4) is 0 Å². The van der Waals surface area contributed by atoms with Gasteiger partial charge in [0.15, 0.2) is 5.78 Å². The molecule has 34 heavy (non-hydrogen) atoms. The first-order valence-electron chi connectivity index (χ1n) is 11.9. The molecular weight excluding hydrogens is 449 g/mol. The minimum Gasteiger partial charge on any atom is -0.362 e. The van der Waals surface area contributed by atoms with Crippen molar-refractivity contribution in [3.8, 4) is 0 Å². The van der Waals surface area contributed by atoms with Crippen LogP contribution in [0.1, 0.15) is 68.2 Å². The van der Waals surface area contributed by atoms with Crippen molar-refractivity contribution in [1.82, 2.24) is 9.97 Å². The highest BCUT2D eigenvalue weighted by Gasteiger charge is 2.14. The number of benzene rings is 2. The number of Topliss-reactive ketones (excluding diaryl/α,β-unsaturated/α-hetero) is 1. The molecule has 0 amide bonds. The zero-order valence-electron chi connectivity index (χ0n) is 21.5. The third-order valence-corrected chi connectivity index (χ3v) is 6.55. The molecule has 4 nitrogen and oxygen atoms in total. The molecule has 0 saturated heterocycles. The van der Waals surface area contributed by atoms with Crippen molar-refractivity contribution in [3.05, 3.63) is 64.2 Å². The second kappa shape index (κ2) is 12.8. The maximum Gasteiger partial charge on any atom is 0.164 e. The van der Waals surface area contributed by atoms with Crippen molar-refractivity contribution in [3.63, 3.8) is 0 Å². The molecule has 0 atom stereocenters. The fraction of sp³-hybridized carbons (Fsp3) is 0.464. The molecule has 1 aliphatic rings. The average Bonchev–Trinajstić information content (AvgIpc) is 2.78. The third-order valence-electron chi connectivity index (χ3n) is 6.06. The van der Waals surface area contributed by atoms with Crippen LogP contribution in [-0.4, -0.2) is 29.8 Å². The molecule has 0 N–H and O–H groups in total. The smallest absolute Gasteiger partial charge is 0.164 e. The molecule has 1 fully saturated rings. The van der Waals surface area contributed by atoms with Gasteiger partial charge in [-0.3, -0.25) is 4.79 Å². The Kier molecular flexibility index (Phi) is 10.4. The van der Waals surface area contributed by atoms with Crippen molar-refractivity contribution < 1.29 is 9.18 Å². The summed E-state index contributed by atoms with van der Waals surface area (Å²) >= 11 is 5.73. The van der Waals surface area contributed by atoms with E-state index in [2.05, 4.69) is 23.8 Å². The number of ketones is 1. The number of aromatic nitrogens is 2. The van der Waals surface area contributed by atoms with Crippen LogP contribution in [-0.2, 0) is 0 Å². The summed E-state index contributed by atoms with van der Waals surface area (Å²) in [4.78, 5) is 21.7. The fourth-order valence-electron chi connectivity index (χ4n) is 3.92. The first-order chi connectivity index (χ1) is 16.0. The predicted molar refractivity (Wildman–Crippen MR) is 142 cm³/mol. The highest BCUT2D eigenvalue weighted by atomic mass is 35.5. The number of nitrogens with zero attached hydrogens (tertiary/aromatic N) is 3. The van der Waals surface area contributed by atoms with E-state index < -0.39 is 5.82 Å². The number of fused-ring (bicyclic) bond motifs is 1. The SMILES string of the molecule is CC(=O)c1c(F)ccc(C)c1Cl.CC1CCC(C)CC1.Cc1nc(N(C)C)c2ccccc2n1. The molecule has 1 saturated carbocycles. The summed E-state index contributed by atoms with van der Waals surface area (Å²) < 4.78 is 13.0. The Hall–Kier alpha value is -2.53. The number of carbonyl (C=O) groups excluding carboxylic acids is 1. The lowest BCUT2D eigenvalue weighted by atomic mass is 9.84. The van der Waals surface area contributed by atoms with Crippen molar-refractivity contribution in [2.75, 3.05) is 19.0 Å². The number of rotatable bonds is 2. The molecule has 2 aromatic carbocycles. The van der Waals surface area contributed by atoms with E-state index in [1.165, 1.54) is 38.7 Å². The van der Waals surface area contributed by atoms with Gasteiger partial charge in [0.25, 0.3) is 0 Å². The zero-order chi connectivity index (χ0) is 25.4. The molecule has 4 rings (SSSR count). The summed E-state index contributed by atoms with van der Waals surface area (Å²) in [6.45, 7) is 9.68. The Bertz CT molecular complexity index is 1100. The molecule has 184 valence electrons. The number of para-hydroxylation sites is 1. The molecule has 0 unspecified atom stereocenters. The Labute approximate surface area is 208 Å². The number of hydrogen-bond donors (Lipinski definition) is 0. The van der Waals surface area contributed by atoms with Gasteiger partial charge in [-0.25, -0.2) is 14.4 Å². The summed E-state index contributed by atoms with van der Waals surface area (Å²) in [5, 5.41) is 1.31. The Morgan fingerprint density at radius 3 is 2.03 bits per heavy atom. The second-order valence-corrected chi connectivity index (χ2v) is 9.86. The van der Waals surface area contributed by atoms with E-state index in [1.807, 2.05) is 50.2 Å². The number of aryl methyl sites for hydroxylation is 2. The quantitative estimate of drug-likeness (QED) is 0.347. The molecule has 1 aliphatic carbocycles. The molecule has 1 aromatic heterocycles. The lowest BCUT2D eigenvalue weighted by Crippen LogP contribution is -2.12. The number of hydrogen-bond acceptors (Lipinski definition) is 4. The highest BCUT2D eigenvalue weighted by molar-refractivity contribution is 6.34. The predicted octanol–water partition coefficient (Wildman–Crippen LogP) is 7.83. The van der Waals surface area contributed by atoms with Gasteiger partial charge >= 0.3 is 0 Å². The van der Waals surface area contributed by atoms with E-state index >= 15 is 0 Å². The summed E-state index contributed by atoms with van der Waals surface area (Å²) in [7, 11) is 3.99. The van der Waals surface area contributed by atoms with Crippen LogP contribution in [0, 0.1) is 31.5 Å². The monoisotopic (exact) mass is 485 g/mol. The van der Waals surface area contributed by atoms with Crippen LogP contribution in [0.5, 0.6) is 0 Å². The number of anilines is 1. The first kappa shape index (κ1) is 27.7. The summed E-state index contributed by atoms with van der Waals surface area (Å²) in [5.41, 5.74) is 1.70. The maximum absolute atomic E-state index is 13.0. The van der Waals surface area contributed by atoms with Crippen molar-refractivity contribution in [2.24, 2.45) is 11.8 Å². The van der Waals surface area contributed by atoms with Gasteiger partial charge in [-0.1, -0.05) is 69.3 Å². The van der Waals surface area contributed by atoms with Gasteiger partial charge in [0.1, 0.15) is 17.5 Å². The van der Waals surface area contributed by atoms with Gasteiger partial charge < -0.3 is 4.90 Å². The van der Waals surface area contributed by atoms with Crippen LogP contribution in [0.4, 0.5) is 10.2 Å². The van der Waals surface area contributed by atoms with Gasteiger partial charge in [-0.15, -0.1) is 0 Å². The molecule has 1 heterocycles. The fourth-order valence-corrected chi connectivity index (χ4v) is 4.21. The molecule has 0 aliphatic heterocycles. The molecule has 0 bridgehead atoms. The van der Waals surface area contributed by atoms with Crippen molar-refractivity contribution in [1.29, 1.82) is 0 Å². The Balaban J connectivity index is 0.000000187. The van der Waals surface area contributed by atoms with Crippen LogP contribution in [0.15, 0.2) is 36.4 Å². The lowest BCUT2D eigenvalue weighted by Gasteiger charge is -2.22. The zero-order valence-corrected chi connectivity index (χ0v) is 22.2. The highest BCUT2D eigenvalue weighted by Crippen LogP contribution is 2.27. The van der Waals surface area contributed by atoms with Gasteiger partial charge in [-0.2, -0.15) is 0 Å².